The molecule has 0 fully saturated rings. The highest BCUT2D eigenvalue weighted by atomic mass is 35.5. The maximum Gasteiger partial charge on any atom is 0.243 e. The third kappa shape index (κ3) is 3.98. The van der Waals surface area contributed by atoms with Crippen LogP contribution < -0.4 is 10.5 Å². The Morgan fingerprint density at radius 2 is 1.78 bits per heavy atom. The molecule has 0 spiro atoms. The monoisotopic (exact) mass is 330 g/mol. The molecule has 0 amide bonds. The topological polar surface area (TPSA) is 72.2 Å². The predicted molar refractivity (Wildman–Crippen MR) is 74.9 cm³/mol. The van der Waals surface area contributed by atoms with E-state index in [1.165, 1.54) is 12.1 Å². The van der Waals surface area contributed by atoms with Gasteiger partial charge in [0.15, 0.2) is 0 Å². The molecular weight excluding hydrogens is 319 g/mol. The fraction of sp³-hybridized carbons (Fsp3) is 0.400. The lowest BCUT2D eigenvalue weighted by Gasteiger charge is -2.13. The summed E-state index contributed by atoms with van der Waals surface area (Å²) in [6.07, 6.45) is 0.657. The van der Waals surface area contributed by atoms with Crippen molar-refractivity contribution in [3.05, 3.63) is 27.2 Å². The van der Waals surface area contributed by atoms with E-state index in [9.17, 15) is 8.42 Å². The van der Waals surface area contributed by atoms with Crippen LogP contribution in [0.2, 0.25) is 15.1 Å². The molecule has 1 aromatic carbocycles. The Bertz CT molecular complexity index is 511. The molecule has 8 heteroatoms. The molecule has 1 atom stereocenters. The Labute approximate surface area is 121 Å². The van der Waals surface area contributed by atoms with Crippen molar-refractivity contribution in [2.45, 2.75) is 24.3 Å². The van der Waals surface area contributed by atoms with Gasteiger partial charge in [0.25, 0.3) is 0 Å². The summed E-state index contributed by atoms with van der Waals surface area (Å²) in [5.41, 5.74) is 5.64. The molecule has 0 heterocycles. The van der Waals surface area contributed by atoms with E-state index in [-0.39, 0.29) is 32.5 Å². The number of sulfonamides is 1. The van der Waals surface area contributed by atoms with Gasteiger partial charge in [-0.15, -0.1) is 0 Å². The minimum atomic E-state index is -3.80. The van der Waals surface area contributed by atoms with E-state index in [2.05, 4.69) is 4.72 Å². The summed E-state index contributed by atoms with van der Waals surface area (Å²) in [6.45, 7) is 1.98. The van der Waals surface area contributed by atoms with E-state index in [4.69, 9.17) is 40.5 Å². The maximum atomic E-state index is 12.0. The van der Waals surface area contributed by atoms with Crippen LogP contribution in [0.15, 0.2) is 17.0 Å². The first-order valence-electron chi connectivity index (χ1n) is 5.17. The molecule has 18 heavy (non-hydrogen) atoms. The summed E-state index contributed by atoms with van der Waals surface area (Å²) in [4.78, 5) is -0.182. The molecule has 0 aliphatic heterocycles. The van der Waals surface area contributed by atoms with Gasteiger partial charge in [-0.3, -0.25) is 0 Å². The lowest BCUT2D eigenvalue weighted by atomic mass is 10.2. The van der Waals surface area contributed by atoms with E-state index in [1.807, 2.05) is 6.92 Å². The molecule has 0 bridgehead atoms. The molecule has 0 saturated heterocycles. The van der Waals surface area contributed by atoms with Gasteiger partial charge < -0.3 is 5.73 Å². The average Bonchev–Trinajstić information content (AvgIpc) is 2.24. The van der Waals surface area contributed by atoms with Crippen molar-refractivity contribution in [1.82, 2.24) is 4.72 Å². The first-order valence-corrected chi connectivity index (χ1v) is 7.79. The van der Waals surface area contributed by atoms with Crippen LogP contribution in [0, 0.1) is 0 Å². The van der Waals surface area contributed by atoms with Crippen molar-refractivity contribution >= 4 is 44.8 Å². The van der Waals surface area contributed by atoms with Crippen molar-refractivity contribution in [2.75, 3.05) is 6.54 Å². The van der Waals surface area contributed by atoms with Gasteiger partial charge >= 0.3 is 0 Å². The molecule has 3 N–H and O–H groups in total. The zero-order chi connectivity index (χ0) is 13.9. The molecule has 0 aliphatic carbocycles. The summed E-state index contributed by atoms with van der Waals surface area (Å²) in [6, 6.07) is 2.39. The molecular formula is C10H13Cl3N2O2S. The van der Waals surface area contributed by atoms with Crippen LogP contribution in [-0.2, 0) is 10.0 Å². The number of benzene rings is 1. The first-order chi connectivity index (χ1) is 8.27. The second-order valence-electron chi connectivity index (χ2n) is 3.72. The molecule has 0 aromatic heterocycles. The molecule has 1 aromatic rings. The number of hydrogen-bond acceptors (Lipinski definition) is 3. The van der Waals surface area contributed by atoms with Crippen molar-refractivity contribution in [1.29, 1.82) is 0 Å². The van der Waals surface area contributed by atoms with Gasteiger partial charge in [-0.1, -0.05) is 41.7 Å². The van der Waals surface area contributed by atoms with E-state index < -0.39 is 10.0 Å². The Balaban J connectivity index is 3.06. The second kappa shape index (κ2) is 6.41. The van der Waals surface area contributed by atoms with Crippen LogP contribution in [0.3, 0.4) is 0 Å². The maximum absolute atomic E-state index is 12.0. The Morgan fingerprint density at radius 1 is 1.28 bits per heavy atom. The predicted octanol–water partition coefficient (Wildman–Crippen LogP) is 2.66. The minimum absolute atomic E-state index is 0.0231. The first kappa shape index (κ1) is 16.0. The van der Waals surface area contributed by atoms with Gasteiger partial charge in [-0.2, -0.15) is 0 Å². The normalized spacial score (nSPS) is 13.6. The number of nitrogens with one attached hydrogen (secondary N) is 1. The number of hydrogen-bond donors (Lipinski definition) is 2. The molecule has 102 valence electrons. The highest BCUT2D eigenvalue weighted by molar-refractivity contribution is 7.89. The fourth-order valence-corrected chi connectivity index (χ4v) is 3.85. The van der Waals surface area contributed by atoms with Gasteiger partial charge in [-0.05, 0) is 18.6 Å². The number of nitrogens with two attached hydrogens (primary N) is 1. The molecule has 4 nitrogen and oxygen atoms in total. The van der Waals surface area contributed by atoms with Crippen LogP contribution in [-0.4, -0.2) is 21.0 Å². The average molecular weight is 332 g/mol. The third-order valence-electron chi connectivity index (χ3n) is 2.29. The molecule has 1 unspecified atom stereocenters. The molecule has 0 aliphatic rings. The van der Waals surface area contributed by atoms with Crippen LogP contribution in [0.25, 0.3) is 0 Å². The van der Waals surface area contributed by atoms with Gasteiger partial charge in [0, 0.05) is 17.6 Å². The lowest BCUT2D eigenvalue weighted by Crippen LogP contribution is -2.36. The summed E-state index contributed by atoms with van der Waals surface area (Å²) in [5.74, 6) is 0. The number of rotatable bonds is 5. The van der Waals surface area contributed by atoms with Gasteiger partial charge in [0.1, 0.15) is 4.90 Å². The van der Waals surface area contributed by atoms with E-state index in [0.29, 0.717) is 6.42 Å². The van der Waals surface area contributed by atoms with Gasteiger partial charge in [0.05, 0.1) is 10.0 Å². The van der Waals surface area contributed by atoms with E-state index in [0.717, 1.165) is 0 Å². The van der Waals surface area contributed by atoms with Gasteiger partial charge in [0.2, 0.25) is 10.0 Å². The molecule has 1 rings (SSSR count). The minimum Gasteiger partial charge on any atom is -0.327 e. The Morgan fingerprint density at radius 3 is 2.22 bits per heavy atom. The third-order valence-corrected chi connectivity index (χ3v) is 4.85. The van der Waals surface area contributed by atoms with Crippen molar-refractivity contribution in [2.24, 2.45) is 5.73 Å². The summed E-state index contributed by atoms with van der Waals surface area (Å²) >= 11 is 17.4. The summed E-state index contributed by atoms with van der Waals surface area (Å²) in [7, 11) is -3.80. The zero-order valence-corrected chi connectivity index (χ0v) is 12.7. The van der Waals surface area contributed by atoms with Crippen LogP contribution in [0.1, 0.15) is 13.3 Å². The SMILES string of the molecule is CCC(N)CNS(=O)(=O)c1c(Cl)cc(Cl)cc1Cl. The summed E-state index contributed by atoms with van der Waals surface area (Å²) in [5, 5.41) is 0.226. The van der Waals surface area contributed by atoms with Gasteiger partial charge in [-0.25, -0.2) is 13.1 Å². The largest absolute Gasteiger partial charge is 0.327 e. The Hall–Kier alpha value is -0.0400. The zero-order valence-electron chi connectivity index (χ0n) is 9.58. The van der Waals surface area contributed by atoms with E-state index in [1.54, 1.807) is 0 Å². The second-order valence-corrected chi connectivity index (χ2v) is 6.67. The van der Waals surface area contributed by atoms with Crippen LogP contribution in [0.5, 0.6) is 0 Å². The van der Waals surface area contributed by atoms with Crippen molar-refractivity contribution < 1.29 is 8.42 Å². The molecule has 0 radical (unpaired) electrons. The lowest BCUT2D eigenvalue weighted by molar-refractivity contribution is 0.564. The Kier molecular flexibility index (Phi) is 5.70. The highest BCUT2D eigenvalue weighted by Crippen LogP contribution is 2.32. The molecule has 0 saturated carbocycles. The van der Waals surface area contributed by atoms with E-state index >= 15 is 0 Å². The highest BCUT2D eigenvalue weighted by Gasteiger charge is 2.22. The number of halogens is 3. The van der Waals surface area contributed by atoms with Crippen molar-refractivity contribution in [3.63, 3.8) is 0 Å². The smallest absolute Gasteiger partial charge is 0.243 e. The van der Waals surface area contributed by atoms with Crippen molar-refractivity contribution in [3.8, 4) is 0 Å². The quantitative estimate of drug-likeness (QED) is 0.871. The fourth-order valence-electron chi connectivity index (χ4n) is 1.22. The standard InChI is InChI=1S/C10H13Cl3N2O2S/c1-2-7(14)5-15-18(16,17)10-8(12)3-6(11)4-9(10)13/h3-4,7,15H,2,5,14H2,1H3. The van der Waals surface area contributed by atoms with Crippen LogP contribution >= 0.6 is 34.8 Å². The summed E-state index contributed by atoms with van der Waals surface area (Å²) < 4.78 is 26.4. The van der Waals surface area contributed by atoms with Crippen LogP contribution in [0.4, 0.5) is 0 Å².